The van der Waals surface area contributed by atoms with Crippen LogP contribution in [0.15, 0.2) is 0 Å². The fraction of sp³-hybridized carbons (Fsp3) is 0.800. The smallest absolute Gasteiger partial charge is 0.302 e. The molecule has 0 aliphatic rings. The summed E-state index contributed by atoms with van der Waals surface area (Å²) in [5, 5.41) is 2.71. The van der Waals surface area contributed by atoms with Gasteiger partial charge >= 0.3 is 5.97 Å². The molecule has 0 spiro atoms. The van der Waals surface area contributed by atoms with Crippen LogP contribution in [-0.2, 0) is 19.1 Å². The molecule has 0 fully saturated rings. The number of carbonyl (C=O) groups excluding carboxylic acids is 3. The predicted octanol–water partition coefficient (Wildman–Crippen LogP) is 1.94. The molecular formula is C15H27NO4. The molecule has 5 nitrogen and oxygen atoms in total. The largest absolute Gasteiger partial charge is 0.464 e. The van der Waals surface area contributed by atoms with E-state index in [1.54, 1.807) is 0 Å². The van der Waals surface area contributed by atoms with Gasteiger partial charge in [-0.1, -0.05) is 27.7 Å². The van der Waals surface area contributed by atoms with E-state index in [9.17, 15) is 14.4 Å². The van der Waals surface area contributed by atoms with Gasteiger partial charge in [-0.3, -0.25) is 14.4 Å². The SMILES string of the molecule is CC(=O)OCCNC(=O)C(C)CCC(C)C(=O)C(C)C. The van der Waals surface area contributed by atoms with Crippen molar-refractivity contribution in [3.63, 3.8) is 0 Å². The van der Waals surface area contributed by atoms with Gasteiger partial charge in [0.25, 0.3) is 0 Å². The second-order valence-corrected chi connectivity index (χ2v) is 5.57. The first-order valence-corrected chi connectivity index (χ1v) is 7.20. The normalized spacial score (nSPS) is 13.7. The van der Waals surface area contributed by atoms with Crippen LogP contribution < -0.4 is 5.32 Å². The van der Waals surface area contributed by atoms with Crippen LogP contribution in [-0.4, -0.2) is 30.8 Å². The van der Waals surface area contributed by atoms with Crippen molar-refractivity contribution in [3.05, 3.63) is 0 Å². The number of hydrogen-bond acceptors (Lipinski definition) is 4. The average Bonchev–Trinajstić information content (AvgIpc) is 2.38. The molecule has 0 aliphatic carbocycles. The highest BCUT2D eigenvalue weighted by Crippen LogP contribution is 2.16. The average molecular weight is 285 g/mol. The molecule has 5 heteroatoms. The molecule has 1 N–H and O–H groups in total. The molecule has 0 radical (unpaired) electrons. The highest BCUT2D eigenvalue weighted by Gasteiger charge is 2.19. The summed E-state index contributed by atoms with van der Waals surface area (Å²) in [5.74, 6) is -0.291. The third kappa shape index (κ3) is 7.92. The van der Waals surface area contributed by atoms with E-state index >= 15 is 0 Å². The zero-order chi connectivity index (χ0) is 15.7. The molecule has 0 aromatic carbocycles. The van der Waals surface area contributed by atoms with Gasteiger partial charge in [-0.05, 0) is 12.8 Å². The minimum atomic E-state index is -0.353. The maximum atomic E-state index is 11.8. The van der Waals surface area contributed by atoms with E-state index in [4.69, 9.17) is 4.74 Å². The maximum Gasteiger partial charge on any atom is 0.302 e. The van der Waals surface area contributed by atoms with Crippen LogP contribution in [0.5, 0.6) is 0 Å². The van der Waals surface area contributed by atoms with Crippen molar-refractivity contribution in [2.45, 2.75) is 47.5 Å². The summed E-state index contributed by atoms with van der Waals surface area (Å²) in [6.45, 7) is 9.38. The highest BCUT2D eigenvalue weighted by molar-refractivity contribution is 5.82. The first-order valence-electron chi connectivity index (χ1n) is 7.20. The van der Waals surface area contributed by atoms with E-state index in [2.05, 4.69) is 5.32 Å². The molecule has 0 aromatic rings. The standard InChI is InChI=1S/C15H27NO4/c1-10(2)14(18)11(3)6-7-12(4)15(19)16-8-9-20-13(5)17/h10-12H,6-9H2,1-5H3,(H,16,19). The molecule has 0 rings (SSSR count). The Morgan fingerprint density at radius 1 is 1.00 bits per heavy atom. The van der Waals surface area contributed by atoms with Gasteiger partial charge < -0.3 is 10.1 Å². The topological polar surface area (TPSA) is 72.5 Å². The van der Waals surface area contributed by atoms with Crippen LogP contribution in [0, 0.1) is 17.8 Å². The summed E-state index contributed by atoms with van der Waals surface area (Å²) in [6, 6.07) is 0. The molecule has 0 saturated heterocycles. The summed E-state index contributed by atoms with van der Waals surface area (Å²) >= 11 is 0. The van der Waals surface area contributed by atoms with Crippen molar-refractivity contribution in [1.29, 1.82) is 0 Å². The molecule has 0 heterocycles. The van der Waals surface area contributed by atoms with Gasteiger partial charge in [-0.25, -0.2) is 0 Å². The second kappa shape index (κ2) is 9.50. The minimum Gasteiger partial charge on any atom is -0.464 e. The lowest BCUT2D eigenvalue weighted by molar-refractivity contribution is -0.141. The number of rotatable bonds is 9. The van der Waals surface area contributed by atoms with E-state index in [1.807, 2.05) is 27.7 Å². The Kier molecular flexibility index (Phi) is 8.84. The van der Waals surface area contributed by atoms with Crippen LogP contribution in [0.4, 0.5) is 0 Å². The van der Waals surface area contributed by atoms with Crippen LogP contribution >= 0.6 is 0 Å². The Hall–Kier alpha value is -1.39. The van der Waals surface area contributed by atoms with Gasteiger partial charge in [0.1, 0.15) is 12.4 Å². The lowest BCUT2D eigenvalue weighted by Crippen LogP contribution is -2.32. The quantitative estimate of drug-likeness (QED) is 0.519. The Balaban J connectivity index is 3.90. The van der Waals surface area contributed by atoms with E-state index in [1.165, 1.54) is 6.92 Å². The van der Waals surface area contributed by atoms with E-state index in [0.29, 0.717) is 13.0 Å². The zero-order valence-corrected chi connectivity index (χ0v) is 13.2. The number of ether oxygens (including phenoxy) is 1. The van der Waals surface area contributed by atoms with E-state index in [-0.39, 0.29) is 42.0 Å². The van der Waals surface area contributed by atoms with Gasteiger partial charge in [-0.2, -0.15) is 0 Å². The number of esters is 1. The Labute approximate surface area is 121 Å². The number of amides is 1. The Morgan fingerprint density at radius 3 is 2.05 bits per heavy atom. The molecule has 0 bridgehead atoms. The van der Waals surface area contributed by atoms with E-state index in [0.717, 1.165) is 6.42 Å². The monoisotopic (exact) mass is 285 g/mol. The van der Waals surface area contributed by atoms with Gasteiger partial charge in [0, 0.05) is 24.7 Å². The van der Waals surface area contributed by atoms with Crippen LogP contribution in [0.2, 0.25) is 0 Å². The van der Waals surface area contributed by atoms with Crippen molar-refractivity contribution in [2.24, 2.45) is 17.8 Å². The van der Waals surface area contributed by atoms with Crippen molar-refractivity contribution in [1.82, 2.24) is 5.32 Å². The zero-order valence-electron chi connectivity index (χ0n) is 13.2. The molecule has 1 amide bonds. The van der Waals surface area contributed by atoms with Gasteiger partial charge in [0.15, 0.2) is 0 Å². The number of nitrogens with one attached hydrogen (secondary N) is 1. The highest BCUT2D eigenvalue weighted by atomic mass is 16.5. The molecule has 2 unspecified atom stereocenters. The molecule has 0 saturated carbocycles. The van der Waals surface area contributed by atoms with Gasteiger partial charge in [0.2, 0.25) is 5.91 Å². The molecule has 0 aromatic heterocycles. The number of carbonyl (C=O) groups is 3. The van der Waals surface area contributed by atoms with Crippen molar-refractivity contribution < 1.29 is 19.1 Å². The second-order valence-electron chi connectivity index (χ2n) is 5.57. The lowest BCUT2D eigenvalue weighted by atomic mass is 9.90. The summed E-state index contributed by atoms with van der Waals surface area (Å²) in [5.41, 5.74) is 0. The lowest BCUT2D eigenvalue weighted by Gasteiger charge is -2.16. The van der Waals surface area contributed by atoms with Crippen molar-refractivity contribution in [3.8, 4) is 0 Å². The Morgan fingerprint density at radius 2 is 1.55 bits per heavy atom. The van der Waals surface area contributed by atoms with Gasteiger partial charge in [-0.15, -0.1) is 0 Å². The Bertz CT molecular complexity index is 339. The van der Waals surface area contributed by atoms with Crippen LogP contribution in [0.1, 0.15) is 47.5 Å². The van der Waals surface area contributed by atoms with E-state index < -0.39 is 0 Å². The fourth-order valence-electron chi connectivity index (χ4n) is 1.89. The van der Waals surface area contributed by atoms with Crippen molar-refractivity contribution in [2.75, 3.05) is 13.2 Å². The van der Waals surface area contributed by atoms with Crippen LogP contribution in [0.3, 0.4) is 0 Å². The summed E-state index contributed by atoms with van der Waals surface area (Å²) < 4.78 is 4.73. The fourth-order valence-corrected chi connectivity index (χ4v) is 1.89. The molecule has 20 heavy (non-hydrogen) atoms. The molecule has 2 atom stereocenters. The predicted molar refractivity (Wildman–Crippen MR) is 77.0 cm³/mol. The summed E-state index contributed by atoms with van der Waals surface area (Å²) in [7, 11) is 0. The molecule has 0 aliphatic heterocycles. The maximum absolute atomic E-state index is 11.8. The van der Waals surface area contributed by atoms with Crippen molar-refractivity contribution >= 4 is 17.7 Å². The number of hydrogen-bond donors (Lipinski definition) is 1. The van der Waals surface area contributed by atoms with Crippen LogP contribution in [0.25, 0.3) is 0 Å². The number of ketones is 1. The minimum absolute atomic E-state index is 0.00806. The molecular weight excluding hydrogens is 258 g/mol. The summed E-state index contributed by atoms with van der Waals surface area (Å²) in [4.78, 5) is 34.1. The summed E-state index contributed by atoms with van der Waals surface area (Å²) in [6.07, 6.45) is 1.40. The third-order valence-electron chi connectivity index (χ3n) is 3.24. The first-order chi connectivity index (χ1) is 9.25. The number of Topliss-reactive ketones (excluding diaryl/α,β-unsaturated/α-hetero) is 1. The van der Waals surface area contributed by atoms with Gasteiger partial charge in [0.05, 0.1) is 6.54 Å². The molecule has 116 valence electrons. The third-order valence-corrected chi connectivity index (χ3v) is 3.24. The first kappa shape index (κ1) is 18.6.